The predicted molar refractivity (Wildman–Crippen MR) is 252 cm³/mol. The fourth-order valence-corrected chi connectivity index (χ4v) is 8.94. The van der Waals surface area contributed by atoms with E-state index in [1.54, 1.807) is 0 Å². The van der Waals surface area contributed by atoms with Gasteiger partial charge in [-0.25, -0.2) is 0 Å². The van der Waals surface area contributed by atoms with Crippen LogP contribution in [0.3, 0.4) is 0 Å². The van der Waals surface area contributed by atoms with Gasteiger partial charge in [0.25, 0.3) is 0 Å². The zero-order chi connectivity index (χ0) is 37.7. The number of quaternary nitrogens is 1. The van der Waals surface area contributed by atoms with Crippen LogP contribution in [-0.4, -0.2) is 39.1 Å². The molecule has 0 aliphatic rings. The van der Waals surface area contributed by atoms with Gasteiger partial charge in [-0.3, -0.25) is 0 Å². The molecule has 0 atom stereocenters. The monoisotopic (exact) mass is 748 g/mol. The Morgan fingerprint density at radius 3 is 0.415 bits per heavy atom. The summed E-state index contributed by atoms with van der Waals surface area (Å²) >= 11 is 0. The average molecular weight is 748 g/mol. The van der Waals surface area contributed by atoms with Crippen molar-refractivity contribution in [2.45, 2.75) is 304 Å². The molecule has 0 aliphatic heterocycles. The maximum absolute atomic E-state index is 2.35. The highest BCUT2D eigenvalue weighted by Gasteiger charge is 2.25. The molecule has 0 aliphatic carbocycles. The Kier molecular flexibility index (Phi) is 50.1. The zero-order valence-electron chi connectivity index (χ0n) is 37.7. The van der Waals surface area contributed by atoms with E-state index in [1.807, 2.05) is 0 Å². The van der Waals surface area contributed by atoms with Crippen molar-refractivity contribution >= 4 is 8.41 Å². The molecule has 322 valence electrons. The molecule has 1 nitrogen and oxygen atoms in total. The van der Waals surface area contributed by atoms with Crippen LogP contribution in [-0.2, 0) is 0 Å². The second-order valence-corrected chi connectivity index (χ2v) is 18.0. The minimum Gasteiger partial charge on any atom is -0.324 e. The molecule has 0 aromatic carbocycles. The number of hydrogen-bond donors (Lipinski definition) is 0. The van der Waals surface area contributed by atoms with Gasteiger partial charge in [-0.2, -0.15) is 0 Å². The van der Waals surface area contributed by atoms with Crippen LogP contribution in [0.4, 0.5) is 0 Å². The Morgan fingerprint density at radius 2 is 0.283 bits per heavy atom. The van der Waals surface area contributed by atoms with Crippen molar-refractivity contribution in [3.63, 3.8) is 0 Å². The highest BCUT2D eigenvalue weighted by atomic mass is 15.3. The molecule has 2 heteroatoms. The summed E-state index contributed by atoms with van der Waals surface area (Å²) in [5.41, 5.74) is 0. The van der Waals surface area contributed by atoms with Gasteiger partial charge in [0.1, 0.15) is 0 Å². The molecule has 0 radical (unpaired) electrons. The van der Waals surface area contributed by atoms with E-state index < -0.39 is 0 Å². The lowest BCUT2D eigenvalue weighted by Gasteiger charge is -2.40. The van der Waals surface area contributed by atoms with Crippen molar-refractivity contribution in [2.24, 2.45) is 0 Å². The molecule has 0 unspecified atom stereocenters. The van der Waals surface area contributed by atoms with Crippen LogP contribution >= 0.6 is 0 Å². The quantitative estimate of drug-likeness (QED) is 0.0330. The molecule has 0 saturated carbocycles. The molecule has 0 spiro atoms. The summed E-state index contributed by atoms with van der Waals surface area (Å²) in [7, 11) is 0. The van der Waals surface area contributed by atoms with Gasteiger partial charge in [0.15, 0.2) is 0 Å². The lowest BCUT2D eigenvalue weighted by atomic mass is 10.0. The summed E-state index contributed by atoms with van der Waals surface area (Å²) in [6, 6.07) is 0. The number of nitrogens with zero attached hydrogens (tertiary/aromatic N) is 1. The van der Waals surface area contributed by atoms with E-state index >= 15 is 0 Å². The molecular weight excluding hydrogens is 637 g/mol. The van der Waals surface area contributed by atoms with E-state index in [1.165, 1.54) is 307 Å². The van der Waals surface area contributed by atoms with Gasteiger partial charge in [-0.1, -0.05) is 261 Å². The molecule has 0 N–H and O–H groups in total. The van der Waals surface area contributed by atoms with Crippen LogP contribution in [0.25, 0.3) is 0 Å². The van der Waals surface area contributed by atoms with Crippen molar-refractivity contribution in [1.29, 1.82) is 0 Å². The largest absolute Gasteiger partial charge is 0.324 e. The summed E-state index contributed by atoms with van der Waals surface area (Å²) < 4.78 is 1.49. The molecule has 0 rings (SSSR count). The molecule has 0 fully saturated rings. The summed E-state index contributed by atoms with van der Waals surface area (Å²) in [4.78, 5) is 0. The van der Waals surface area contributed by atoms with Gasteiger partial charge >= 0.3 is 0 Å². The third kappa shape index (κ3) is 43.0. The van der Waals surface area contributed by atoms with Gasteiger partial charge in [0.05, 0.1) is 26.2 Å². The number of rotatable bonds is 47. The third-order valence-electron chi connectivity index (χ3n) is 12.7. The minimum atomic E-state index is 0. The van der Waals surface area contributed by atoms with Gasteiger partial charge in [-0.05, 0) is 51.4 Å². The van der Waals surface area contributed by atoms with E-state index in [4.69, 9.17) is 0 Å². The Hall–Kier alpha value is 0.0249. The lowest BCUT2D eigenvalue weighted by Crippen LogP contribution is -2.50. The van der Waals surface area contributed by atoms with E-state index in [9.17, 15) is 0 Å². The Balaban J connectivity index is 0. The first kappa shape index (κ1) is 55.1. The first-order valence-electron chi connectivity index (χ1n) is 25.6. The SMILES string of the molecule is CCCCCCCCCCCCCC[N+](CCCCCCCCC)(CCCCCCCCCCCCCC)CCCCCCCCCCCCCC.[BH4-]. The maximum Gasteiger partial charge on any atom is 0.0786 e. The molecule has 0 aromatic rings. The average Bonchev–Trinajstić information content (AvgIpc) is 3.15. The standard InChI is InChI=1S/C51H106N.BH4/c1-5-9-13-17-21-24-27-30-33-37-41-45-49-52(48-44-40-36-20-16-12-8-4,50-46-42-38-34-31-28-25-22-18-14-10-6-2)51-47-43-39-35-32-29-26-23-19-15-11-7-3;/h5-51H2,1-4H3;1H4/q+1;-1. The molecule has 0 amide bonds. The fourth-order valence-electron chi connectivity index (χ4n) is 8.94. The van der Waals surface area contributed by atoms with Gasteiger partial charge in [0.2, 0.25) is 0 Å². The van der Waals surface area contributed by atoms with Crippen LogP contribution in [0.15, 0.2) is 0 Å². The van der Waals surface area contributed by atoms with Gasteiger partial charge in [0, 0.05) is 0 Å². The molecule has 0 heterocycles. The normalized spacial score (nSPS) is 11.8. The molecular formula is C51H110BN. The van der Waals surface area contributed by atoms with Gasteiger partial charge < -0.3 is 4.48 Å². The highest BCUT2D eigenvalue weighted by molar-refractivity contribution is 5.75. The van der Waals surface area contributed by atoms with Crippen LogP contribution in [0.1, 0.15) is 304 Å². The summed E-state index contributed by atoms with van der Waals surface area (Å²) in [6.07, 6.45) is 63.2. The van der Waals surface area contributed by atoms with Crippen LogP contribution in [0.5, 0.6) is 0 Å². The molecule has 53 heavy (non-hydrogen) atoms. The second-order valence-electron chi connectivity index (χ2n) is 18.0. The van der Waals surface area contributed by atoms with E-state index in [-0.39, 0.29) is 8.41 Å². The zero-order valence-corrected chi connectivity index (χ0v) is 37.7. The van der Waals surface area contributed by atoms with Crippen molar-refractivity contribution in [3.05, 3.63) is 0 Å². The topological polar surface area (TPSA) is 0 Å². The predicted octanol–water partition coefficient (Wildman–Crippen LogP) is 17.2. The number of hydrogen-bond acceptors (Lipinski definition) is 0. The summed E-state index contributed by atoms with van der Waals surface area (Å²) in [6.45, 7) is 15.3. The third-order valence-corrected chi connectivity index (χ3v) is 12.7. The molecule has 0 aromatic heterocycles. The maximum atomic E-state index is 2.35. The van der Waals surface area contributed by atoms with Crippen molar-refractivity contribution < 1.29 is 4.48 Å². The number of unbranched alkanes of at least 4 members (excludes halogenated alkanes) is 39. The van der Waals surface area contributed by atoms with E-state index in [0.717, 1.165) is 0 Å². The fraction of sp³-hybridized carbons (Fsp3) is 1.00. The first-order chi connectivity index (χ1) is 25.7. The van der Waals surface area contributed by atoms with E-state index in [0.29, 0.717) is 0 Å². The minimum absolute atomic E-state index is 0. The van der Waals surface area contributed by atoms with Crippen molar-refractivity contribution in [2.75, 3.05) is 26.2 Å². The van der Waals surface area contributed by atoms with Crippen LogP contribution in [0.2, 0.25) is 0 Å². The lowest BCUT2D eigenvalue weighted by molar-refractivity contribution is -0.929. The summed E-state index contributed by atoms with van der Waals surface area (Å²) in [5, 5.41) is 0. The van der Waals surface area contributed by atoms with Crippen LogP contribution in [0, 0.1) is 0 Å². The Bertz CT molecular complexity index is 550. The van der Waals surface area contributed by atoms with Crippen LogP contribution < -0.4 is 0 Å². The first-order valence-corrected chi connectivity index (χ1v) is 25.6. The second kappa shape index (κ2) is 48.2. The van der Waals surface area contributed by atoms with Crippen molar-refractivity contribution in [3.8, 4) is 0 Å². The van der Waals surface area contributed by atoms with E-state index in [2.05, 4.69) is 27.7 Å². The molecule has 0 bridgehead atoms. The van der Waals surface area contributed by atoms with Gasteiger partial charge in [-0.15, -0.1) is 0 Å². The Morgan fingerprint density at radius 1 is 0.170 bits per heavy atom. The Labute approximate surface area is 341 Å². The smallest absolute Gasteiger partial charge is 0.0786 e. The molecule has 0 saturated heterocycles. The van der Waals surface area contributed by atoms with Crippen molar-refractivity contribution in [1.82, 2.24) is 0 Å². The highest BCUT2D eigenvalue weighted by Crippen LogP contribution is 2.22. The summed E-state index contributed by atoms with van der Waals surface area (Å²) in [5.74, 6) is 0.